The number of halogens is 2. The highest BCUT2D eigenvalue weighted by atomic mass is 19.1. The first-order valence-electron chi connectivity index (χ1n) is 18.1. The molecule has 0 fully saturated rings. The van der Waals surface area contributed by atoms with Gasteiger partial charge in [-0.3, -0.25) is 4.57 Å². The number of para-hydroxylation sites is 3. The van der Waals surface area contributed by atoms with Gasteiger partial charge in [0, 0.05) is 16.8 Å². The van der Waals surface area contributed by atoms with E-state index in [9.17, 15) is 8.78 Å². The Kier molecular flexibility index (Phi) is 8.13. The second-order valence-electron chi connectivity index (χ2n) is 15.6. The summed E-state index contributed by atoms with van der Waals surface area (Å²) >= 11 is 0. The molecule has 52 heavy (non-hydrogen) atoms. The molecule has 0 N–H and O–H groups in total. The van der Waals surface area contributed by atoms with Crippen molar-refractivity contribution in [1.82, 2.24) is 9.55 Å². The second kappa shape index (κ2) is 12.6. The lowest BCUT2D eigenvalue weighted by Gasteiger charge is -2.25. The summed E-state index contributed by atoms with van der Waals surface area (Å²) in [4.78, 5) is 5.30. The summed E-state index contributed by atoms with van der Waals surface area (Å²) in [5.74, 6) is 0.0129. The van der Waals surface area contributed by atoms with Crippen molar-refractivity contribution in [2.24, 2.45) is 0 Å². The maximum absolute atomic E-state index is 14.1. The first-order chi connectivity index (χ1) is 24.9. The molecule has 3 nitrogen and oxygen atoms in total. The van der Waals surface area contributed by atoms with Gasteiger partial charge in [0.25, 0.3) is 0 Å². The van der Waals surface area contributed by atoms with E-state index in [-0.39, 0.29) is 17.3 Å². The third kappa shape index (κ3) is 5.78. The van der Waals surface area contributed by atoms with Crippen molar-refractivity contribution in [1.29, 1.82) is 0 Å². The van der Waals surface area contributed by atoms with E-state index in [2.05, 4.69) is 120 Å². The smallest absolute Gasteiger partial charge is 0.149 e. The largest absolute Gasteiger partial charge is 0.455 e. The maximum Gasteiger partial charge on any atom is 0.149 e. The van der Waals surface area contributed by atoms with Crippen LogP contribution in [0.2, 0.25) is 0 Å². The third-order valence-electron chi connectivity index (χ3n) is 10.2. The average Bonchev–Trinajstić information content (AvgIpc) is 3.68. The highest BCUT2D eigenvalue weighted by Crippen LogP contribution is 2.43. The van der Waals surface area contributed by atoms with Crippen LogP contribution in [0.1, 0.15) is 77.0 Å². The van der Waals surface area contributed by atoms with Gasteiger partial charge < -0.3 is 4.42 Å². The fraction of sp³-hybridized carbons (Fsp3) is 0.213. The predicted molar refractivity (Wildman–Crippen MR) is 211 cm³/mol. The molecule has 6 aromatic carbocycles. The van der Waals surface area contributed by atoms with Gasteiger partial charge in [-0.05, 0) is 111 Å². The number of furan rings is 1. The molecule has 8 rings (SSSR count). The molecular weight excluding hydrogens is 647 g/mol. The lowest BCUT2D eigenvalue weighted by Crippen LogP contribution is -2.11. The van der Waals surface area contributed by atoms with E-state index in [1.165, 1.54) is 39.9 Å². The van der Waals surface area contributed by atoms with Crippen LogP contribution in [0.4, 0.5) is 8.78 Å². The van der Waals surface area contributed by atoms with Gasteiger partial charge in [0.2, 0.25) is 0 Å². The van der Waals surface area contributed by atoms with Crippen LogP contribution in [0.15, 0.2) is 120 Å². The minimum atomic E-state index is -0.617. The maximum atomic E-state index is 14.1. The topological polar surface area (TPSA) is 31.0 Å². The van der Waals surface area contributed by atoms with Crippen LogP contribution in [0.5, 0.6) is 0 Å². The zero-order valence-corrected chi connectivity index (χ0v) is 30.7. The molecule has 2 aromatic heterocycles. The van der Waals surface area contributed by atoms with Gasteiger partial charge in [0.15, 0.2) is 0 Å². The molecule has 0 aliphatic rings. The molecule has 0 atom stereocenters. The summed E-state index contributed by atoms with van der Waals surface area (Å²) in [6, 6.07) is 37.5. The second-order valence-corrected chi connectivity index (χ2v) is 15.6. The standard InChI is InChI=1S/C47H42F2N2O/c1-27(2)39-23-32(29-15-18-33(19-16-29)47(5,6)7)24-40(28(3)4)44(39)51-42-14-9-8-13-41(42)50-46(51)38-12-10-11-37-36-20-17-30(25-43(36)52-45(37)38)31-21-34(48)26-35(49)22-31/h8-28H,1-7H3. The van der Waals surface area contributed by atoms with Crippen molar-refractivity contribution in [2.45, 2.75) is 65.7 Å². The van der Waals surface area contributed by atoms with Gasteiger partial charge >= 0.3 is 0 Å². The number of hydrogen-bond acceptors (Lipinski definition) is 2. The van der Waals surface area contributed by atoms with Crippen LogP contribution >= 0.6 is 0 Å². The van der Waals surface area contributed by atoms with Crippen LogP contribution in [0.25, 0.3) is 72.3 Å². The van der Waals surface area contributed by atoms with Crippen molar-refractivity contribution in [3.8, 4) is 39.3 Å². The quantitative estimate of drug-likeness (QED) is 0.174. The minimum absolute atomic E-state index is 0.0825. The molecule has 2 heterocycles. The van der Waals surface area contributed by atoms with Crippen molar-refractivity contribution in [3.05, 3.63) is 144 Å². The number of fused-ring (bicyclic) bond motifs is 4. The summed E-state index contributed by atoms with van der Waals surface area (Å²) < 4.78 is 37.3. The van der Waals surface area contributed by atoms with E-state index in [1.807, 2.05) is 30.3 Å². The fourth-order valence-electron chi connectivity index (χ4n) is 7.46. The molecule has 0 saturated heterocycles. The molecule has 8 aromatic rings. The predicted octanol–water partition coefficient (Wildman–Crippen LogP) is 13.7. The third-order valence-corrected chi connectivity index (χ3v) is 10.2. The molecule has 0 radical (unpaired) electrons. The lowest BCUT2D eigenvalue weighted by atomic mass is 9.85. The number of aromatic nitrogens is 2. The van der Waals surface area contributed by atoms with E-state index in [0.717, 1.165) is 44.9 Å². The van der Waals surface area contributed by atoms with Crippen molar-refractivity contribution >= 4 is 33.0 Å². The molecule has 0 amide bonds. The number of imidazole rings is 1. The Morgan fingerprint density at radius 3 is 1.90 bits per heavy atom. The SMILES string of the molecule is CC(C)c1cc(-c2ccc(C(C)(C)C)cc2)cc(C(C)C)c1-n1c(-c2cccc3c2oc2cc(-c4cc(F)cc(F)c4)ccc23)nc2ccccc21. The van der Waals surface area contributed by atoms with Gasteiger partial charge in [-0.2, -0.15) is 0 Å². The fourth-order valence-corrected chi connectivity index (χ4v) is 7.46. The van der Waals surface area contributed by atoms with E-state index in [4.69, 9.17) is 9.40 Å². The Hall–Kier alpha value is -5.55. The molecule has 0 aliphatic carbocycles. The molecule has 260 valence electrons. The number of benzene rings is 6. The highest BCUT2D eigenvalue weighted by molar-refractivity contribution is 6.10. The molecular formula is C47H42F2N2O. The molecule has 0 unspecified atom stereocenters. The Balaban J connectivity index is 1.36. The monoisotopic (exact) mass is 688 g/mol. The molecule has 0 aliphatic heterocycles. The Morgan fingerprint density at radius 2 is 1.25 bits per heavy atom. The van der Waals surface area contributed by atoms with Crippen molar-refractivity contribution in [2.75, 3.05) is 0 Å². The van der Waals surface area contributed by atoms with E-state index in [1.54, 1.807) is 0 Å². The van der Waals surface area contributed by atoms with Crippen LogP contribution in [-0.2, 0) is 5.41 Å². The summed E-state index contributed by atoms with van der Waals surface area (Å²) in [6.45, 7) is 15.8. The Morgan fingerprint density at radius 1 is 0.615 bits per heavy atom. The molecule has 0 saturated carbocycles. The number of hydrogen-bond donors (Lipinski definition) is 0. The highest BCUT2D eigenvalue weighted by Gasteiger charge is 2.26. The summed E-state index contributed by atoms with van der Waals surface area (Å²) in [5.41, 5.74) is 12.7. The van der Waals surface area contributed by atoms with E-state index in [0.29, 0.717) is 22.3 Å². The van der Waals surface area contributed by atoms with Gasteiger partial charge in [-0.15, -0.1) is 0 Å². The zero-order chi connectivity index (χ0) is 36.5. The first-order valence-corrected chi connectivity index (χ1v) is 18.1. The van der Waals surface area contributed by atoms with Gasteiger partial charge in [0.1, 0.15) is 28.6 Å². The lowest BCUT2D eigenvalue weighted by molar-refractivity contribution is 0.584. The molecule has 5 heteroatoms. The Bertz CT molecular complexity index is 2590. The van der Waals surface area contributed by atoms with E-state index < -0.39 is 11.6 Å². The van der Waals surface area contributed by atoms with Crippen LogP contribution in [-0.4, -0.2) is 9.55 Å². The minimum Gasteiger partial charge on any atom is -0.455 e. The first kappa shape index (κ1) is 33.6. The van der Waals surface area contributed by atoms with Crippen molar-refractivity contribution in [3.63, 3.8) is 0 Å². The van der Waals surface area contributed by atoms with Gasteiger partial charge in [0.05, 0.1) is 22.3 Å². The molecule has 0 spiro atoms. The normalized spacial score (nSPS) is 12.3. The zero-order valence-electron chi connectivity index (χ0n) is 30.7. The van der Waals surface area contributed by atoms with Gasteiger partial charge in [-0.25, -0.2) is 13.8 Å². The van der Waals surface area contributed by atoms with E-state index >= 15 is 0 Å². The van der Waals surface area contributed by atoms with Gasteiger partial charge in [-0.1, -0.05) is 103 Å². The van der Waals surface area contributed by atoms with Crippen LogP contribution in [0, 0.1) is 11.6 Å². The average molecular weight is 689 g/mol. The van der Waals surface area contributed by atoms with Crippen LogP contribution < -0.4 is 0 Å². The summed E-state index contributed by atoms with van der Waals surface area (Å²) in [7, 11) is 0. The number of nitrogens with zero attached hydrogens (tertiary/aromatic N) is 2. The summed E-state index contributed by atoms with van der Waals surface area (Å²) in [6.07, 6.45) is 0. The van der Waals surface area contributed by atoms with Crippen LogP contribution in [0.3, 0.4) is 0 Å². The summed E-state index contributed by atoms with van der Waals surface area (Å²) in [5, 5.41) is 1.87. The molecule has 0 bridgehead atoms. The van der Waals surface area contributed by atoms with Crippen molar-refractivity contribution < 1.29 is 13.2 Å². The Labute approximate surface area is 303 Å². The number of rotatable bonds is 6.